The summed E-state index contributed by atoms with van der Waals surface area (Å²) in [5.74, 6) is 0.998. The van der Waals surface area contributed by atoms with Crippen molar-refractivity contribution in [1.29, 1.82) is 0 Å². The lowest BCUT2D eigenvalue weighted by Gasteiger charge is -2.29. The van der Waals surface area contributed by atoms with Gasteiger partial charge in [0.15, 0.2) is 0 Å². The molecule has 1 heterocycles. The monoisotopic (exact) mass is 268 g/mol. The standard InChI is InChI=1S/C11H21ClO3S/c1-3-7-16(13,14)8-5-11(9-12)4-6-15-10(11)2/h10H,3-9H2,1-2H3. The van der Waals surface area contributed by atoms with Gasteiger partial charge in [-0.1, -0.05) is 6.92 Å². The summed E-state index contributed by atoms with van der Waals surface area (Å²) in [5, 5.41) is 0. The Kier molecular flexibility index (Phi) is 5.08. The first-order valence-corrected chi connectivity index (χ1v) is 8.19. The van der Waals surface area contributed by atoms with E-state index in [0.717, 1.165) is 6.42 Å². The lowest BCUT2D eigenvalue weighted by Crippen LogP contribution is -2.33. The Morgan fingerprint density at radius 1 is 1.44 bits per heavy atom. The average Bonchev–Trinajstić information content (AvgIpc) is 2.58. The Hall–Kier alpha value is 0.200. The minimum atomic E-state index is -2.90. The molecule has 0 amide bonds. The molecule has 0 saturated carbocycles. The number of hydrogen-bond acceptors (Lipinski definition) is 3. The van der Waals surface area contributed by atoms with Gasteiger partial charge >= 0.3 is 0 Å². The average molecular weight is 269 g/mol. The topological polar surface area (TPSA) is 43.4 Å². The van der Waals surface area contributed by atoms with Crippen molar-refractivity contribution in [2.75, 3.05) is 24.0 Å². The van der Waals surface area contributed by atoms with E-state index in [2.05, 4.69) is 0 Å². The SMILES string of the molecule is CCCS(=O)(=O)CCC1(CCl)CCOC1C. The van der Waals surface area contributed by atoms with Crippen molar-refractivity contribution in [3.8, 4) is 0 Å². The third kappa shape index (κ3) is 3.34. The minimum absolute atomic E-state index is 0.0711. The maximum absolute atomic E-state index is 11.7. The van der Waals surface area contributed by atoms with Crippen molar-refractivity contribution in [2.45, 2.75) is 39.2 Å². The molecule has 0 spiro atoms. The van der Waals surface area contributed by atoms with Gasteiger partial charge in [0.25, 0.3) is 0 Å². The molecule has 2 unspecified atom stereocenters. The zero-order chi connectivity index (χ0) is 12.2. The molecular formula is C11H21ClO3S. The molecule has 1 aliphatic heterocycles. The van der Waals surface area contributed by atoms with Crippen molar-refractivity contribution in [3.05, 3.63) is 0 Å². The Morgan fingerprint density at radius 3 is 2.56 bits per heavy atom. The smallest absolute Gasteiger partial charge is 0.150 e. The van der Waals surface area contributed by atoms with Gasteiger partial charge in [0.05, 0.1) is 11.9 Å². The van der Waals surface area contributed by atoms with Crippen LogP contribution in [0.15, 0.2) is 0 Å². The van der Waals surface area contributed by atoms with Gasteiger partial charge < -0.3 is 4.74 Å². The Balaban J connectivity index is 2.59. The van der Waals surface area contributed by atoms with Crippen LogP contribution < -0.4 is 0 Å². The first-order chi connectivity index (χ1) is 7.46. The van der Waals surface area contributed by atoms with Crippen molar-refractivity contribution in [1.82, 2.24) is 0 Å². The summed E-state index contributed by atoms with van der Waals surface area (Å²) < 4.78 is 28.8. The van der Waals surface area contributed by atoms with Crippen molar-refractivity contribution in [2.24, 2.45) is 5.41 Å². The lowest BCUT2D eigenvalue weighted by atomic mass is 9.81. The zero-order valence-electron chi connectivity index (χ0n) is 10.0. The summed E-state index contributed by atoms with van der Waals surface area (Å²) in [5.41, 5.74) is -0.137. The van der Waals surface area contributed by atoms with E-state index >= 15 is 0 Å². The molecule has 1 saturated heterocycles. The van der Waals surface area contributed by atoms with E-state index in [0.29, 0.717) is 25.3 Å². The molecule has 0 aromatic rings. The fraction of sp³-hybridized carbons (Fsp3) is 1.00. The molecule has 16 heavy (non-hydrogen) atoms. The van der Waals surface area contributed by atoms with Gasteiger partial charge in [0, 0.05) is 23.7 Å². The molecule has 1 fully saturated rings. The molecule has 0 N–H and O–H groups in total. The molecule has 0 bridgehead atoms. The highest BCUT2D eigenvalue weighted by atomic mass is 35.5. The second-order valence-electron chi connectivity index (χ2n) is 4.66. The lowest BCUT2D eigenvalue weighted by molar-refractivity contribution is 0.0721. The van der Waals surface area contributed by atoms with Crippen LogP contribution in [-0.4, -0.2) is 38.5 Å². The molecule has 0 aliphatic carbocycles. The first-order valence-electron chi connectivity index (χ1n) is 5.84. The van der Waals surface area contributed by atoms with Gasteiger partial charge in [-0.25, -0.2) is 8.42 Å². The summed E-state index contributed by atoms with van der Waals surface area (Å²) in [6, 6.07) is 0. The molecular weight excluding hydrogens is 248 g/mol. The molecule has 2 atom stereocenters. The predicted octanol–water partition coefficient (Wildman–Crippen LogP) is 2.24. The van der Waals surface area contributed by atoms with Crippen LogP contribution >= 0.6 is 11.6 Å². The highest BCUT2D eigenvalue weighted by Crippen LogP contribution is 2.39. The number of sulfone groups is 1. The molecule has 0 aromatic carbocycles. The van der Waals surface area contributed by atoms with E-state index in [4.69, 9.17) is 16.3 Å². The summed E-state index contributed by atoms with van der Waals surface area (Å²) in [4.78, 5) is 0. The van der Waals surface area contributed by atoms with E-state index in [1.54, 1.807) is 0 Å². The summed E-state index contributed by atoms with van der Waals surface area (Å²) in [7, 11) is -2.90. The predicted molar refractivity (Wildman–Crippen MR) is 66.7 cm³/mol. The first kappa shape index (κ1) is 14.3. The maximum atomic E-state index is 11.7. The van der Waals surface area contributed by atoms with Crippen molar-refractivity contribution >= 4 is 21.4 Å². The van der Waals surface area contributed by atoms with Crippen LogP contribution in [0.3, 0.4) is 0 Å². The van der Waals surface area contributed by atoms with Gasteiger partial charge in [-0.15, -0.1) is 11.6 Å². The molecule has 1 aliphatic rings. The normalized spacial score (nSPS) is 30.8. The Morgan fingerprint density at radius 2 is 2.12 bits per heavy atom. The molecule has 3 nitrogen and oxygen atoms in total. The summed E-state index contributed by atoms with van der Waals surface area (Å²) >= 11 is 5.99. The highest BCUT2D eigenvalue weighted by molar-refractivity contribution is 7.91. The van der Waals surface area contributed by atoms with Crippen LogP contribution in [0.1, 0.15) is 33.1 Å². The fourth-order valence-electron chi connectivity index (χ4n) is 2.16. The molecule has 0 aromatic heterocycles. The Labute approximate surface area is 103 Å². The van der Waals surface area contributed by atoms with Crippen LogP contribution in [0, 0.1) is 5.41 Å². The zero-order valence-corrected chi connectivity index (χ0v) is 11.6. The van der Waals surface area contributed by atoms with E-state index < -0.39 is 9.84 Å². The third-order valence-electron chi connectivity index (χ3n) is 3.52. The molecule has 5 heteroatoms. The van der Waals surface area contributed by atoms with E-state index in [9.17, 15) is 8.42 Å². The van der Waals surface area contributed by atoms with Crippen LogP contribution in [0.2, 0.25) is 0 Å². The van der Waals surface area contributed by atoms with E-state index in [1.807, 2.05) is 13.8 Å². The quantitative estimate of drug-likeness (QED) is 0.694. The number of hydrogen-bond donors (Lipinski definition) is 0. The number of rotatable bonds is 6. The fourth-order valence-corrected chi connectivity index (χ4v) is 4.19. The maximum Gasteiger partial charge on any atom is 0.150 e. The van der Waals surface area contributed by atoms with Gasteiger partial charge in [-0.05, 0) is 26.2 Å². The van der Waals surface area contributed by atoms with Crippen LogP contribution in [0.25, 0.3) is 0 Å². The Bertz CT molecular complexity index is 315. The van der Waals surface area contributed by atoms with Crippen LogP contribution in [0.5, 0.6) is 0 Å². The number of alkyl halides is 1. The van der Waals surface area contributed by atoms with Gasteiger partial charge in [0.2, 0.25) is 0 Å². The summed E-state index contributed by atoms with van der Waals surface area (Å²) in [6.07, 6.45) is 2.25. The van der Waals surface area contributed by atoms with Gasteiger partial charge in [0.1, 0.15) is 9.84 Å². The third-order valence-corrected chi connectivity index (χ3v) is 5.91. The van der Waals surface area contributed by atoms with Crippen molar-refractivity contribution in [3.63, 3.8) is 0 Å². The minimum Gasteiger partial charge on any atom is -0.378 e. The van der Waals surface area contributed by atoms with Gasteiger partial charge in [-0.3, -0.25) is 0 Å². The second-order valence-corrected chi connectivity index (χ2v) is 7.23. The number of ether oxygens (including phenoxy) is 1. The highest BCUT2D eigenvalue weighted by Gasteiger charge is 2.41. The number of halogens is 1. The van der Waals surface area contributed by atoms with Gasteiger partial charge in [-0.2, -0.15) is 0 Å². The molecule has 1 rings (SSSR count). The van der Waals surface area contributed by atoms with E-state index in [1.165, 1.54) is 0 Å². The molecule has 96 valence electrons. The largest absolute Gasteiger partial charge is 0.378 e. The summed E-state index contributed by atoms with van der Waals surface area (Å²) in [6.45, 7) is 4.57. The second kappa shape index (κ2) is 5.69. The van der Waals surface area contributed by atoms with Crippen LogP contribution in [0.4, 0.5) is 0 Å². The van der Waals surface area contributed by atoms with Crippen LogP contribution in [-0.2, 0) is 14.6 Å². The van der Waals surface area contributed by atoms with Crippen molar-refractivity contribution < 1.29 is 13.2 Å². The molecule has 0 radical (unpaired) electrons. The van der Waals surface area contributed by atoms with E-state index in [-0.39, 0.29) is 23.0 Å².